The second-order valence-electron chi connectivity index (χ2n) is 5.93. The van der Waals surface area contributed by atoms with Crippen LogP contribution in [0, 0.1) is 17.8 Å². The van der Waals surface area contributed by atoms with Crippen molar-refractivity contribution in [1.29, 1.82) is 0 Å². The number of likely N-dealkylation sites (tertiary alicyclic amines) is 1. The van der Waals surface area contributed by atoms with Crippen molar-refractivity contribution in [3.05, 3.63) is 0 Å². The van der Waals surface area contributed by atoms with Gasteiger partial charge in [-0.15, -0.1) is 0 Å². The highest BCUT2D eigenvalue weighted by Gasteiger charge is 2.21. The largest absolute Gasteiger partial charge is 0.303 e. The van der Waals surface area contributed by atoms with Crippen molar-refractivity contribution >= 4 is 5.78 Å². The molecule has 1 heterocycles. The normalized spacial score (nSPS) is 27.3. The van der Waals surface area contributed by atoms with E-state index in [1.54, 1.807) is 0 Å². The van der Waals surface area contributed by atoms with Gasteiger partial charge >= 0.3 is 0 Å². The van der Waals surface area contributed by atoms with Crippen molar-refractivity contribution in [2.24, 2.45) is 17.8 Å². The number of Topliss-reactive ketones (excluding diaryl/α,β-unsaturated/α-hetero) is 1. The maximum Gasteiger partial charge on any atom is 0.135 e. The second kappa shape index (κ2) is 6.39. The Morgan fingerprint density at radius 3 is 2.31 bits per heavy atom. The van der Waals surface area contributed by atoms with Gasteiger partial charge in [0, 0.05) is 25.4 Å². The van der Waals surface area contributed by atoms with Crippen molar-refractivity contribution in [3.8, 4) is 0 Å². The molecule has 1 aliphatic rings. The van der Waals surface area contributed by atoms with E-state index in [1.807, 2.05) is 13.8 Å². The molecule has 1 fully saturated rings. The standard InChI is InChI=1S/C14H27NO/c1-11(2)14(16)6-5-7-15-9-12(3)8-13(4)10-15/h11-13H,5-10H2,1-4H3. The van der Waals surface area contributed by atoms with E-state index in [4.69, 9.17) is 0 Å². The number of nitrogens with zero attached hydrogens (tertiary/aromatic N) is 1. The molecule has 1 aliphatic heterocycles. The van der Waals surface area contributed by atoms with Crippen molar-refractivity contribution in [2.75, 3.05) is 19.6 Å². The minimum absolute atomic E-state index is 0.208. The predicted octanol–water partition coefficient (Wildman–Crippen LogP) is 2.97. The van der Waals surface area contributed by atoms with Crippen LogP contribution in [0.15, 0.2) is 0 Å². The van der Waals surface area contributed by atoms with Crippen LogP contribution in [0.4, 0.5) is 0 Å². The van der Waals surface area contributed by atoms with Gasteiger partial charge in [0.25, 0.3) is 0 Å². The van der Waals surface area contributed by atoms with E-state index in [9.17, 15) is 4.79 Å². The van der Waals surface area contributed by atoms with Crippen LogP contribution in [0.2, 0.25) is 0 Å². The van der Waals surface area contributed by atoms with Crippen LogP contribution in [0.25, 0.3) is 0 Å². The van der Waals surface area contributed by atoms with Crippen molar-refractivity contribution < 1.29 is 4.79 Å². The molecule has 2 atom stereocenters. The van der Waals surface area contributed by atoms with E-state index in [1.165, 1.54) is 19.5 Å². The summed E-state index contributed by atoms with van der Waals surface area (Å²) in [7, 11) is 0. The zero-order chi connectivity index (χ0) is 12.1. The van der Waals surface area contributed by atoms with Crippen molar-refractivity contribution in [1.82, 2.24) is 4.90 Å². The zero-order valence-corrected chi connectivity index (χ0v) is 11.3. The summed E-state index contributed by atoms with van der Waals surface area (Å²) in [6.45, 7) is 12.2. The molecular weight excluding hydrogens is 198 g/mol. The van der Waals surface area contributed by atoms with Gasteiger partial charge in [0.2, 0.25) is 0 Å². The van der Waals surface area contributed by atoms with Crippen molar-refractivity contribution in [2.45, 2.75) is 47.0 Å². The van der Waals surface area contributed by atoms with Gasteiger partial charge in [-0.2, -0.15) is 0 Å². The minimum Gasteiger partial charge on any atom is -0.303 e. The first-order valence-electron chi connectivity index (χ1n) is 6.74. The molecule has 94 valence electrons. The van der Waals surface area contributed by atoms with Gasteiger partial charge in [-0.25, -0.2) is 0 Å². The first kappa shape index (κ1) is 13.7. The highest BCUT2D eigenvalue weighted by molar-refractivity contribution is 5.80. The van der Waals surface area contributed by atoms with Crippen LogP contribution in [-0.2, 0) is 4.79 Å². The van der Waals surface area contributed by atoms with Gasteiger partial charge in [-0.3, -0.25) is 4.79 Å². The Morgan fingerprint density at radius 1 is 1.25 bits per heavy atom. The van der Waals surface area contributed by atoms with Crippen LogP contribution in [0.1, 0.15) is 47.0 Å². The lowest BCUT2D eigenvalue weighted by molar-refractivity contribution is -0.122. The lowest BCUT2D eigenvalue weighted by atomic mass is 9.91. The Kier molecular flexibility index (Phi) is 5.47. The molecule has 0 aromatic carbocycles. The molecule has 0 amide bonds. The lowest BCUT2D eigenvalue weighted by Crippen LogP contribution is -2.39. The summed E-state index contributed by atoms with van der Waals surface area (Å²) in [4.78, 5) is 14.0. The Bertz CT molecular complexity index is 215. The second-order valence-corrected chi connectivity index (χ2v) is 5.93. The van der Waals surface area contributed by atoms with E-state index in [0.29, 0.717) is 5.78 Å². The topological polar surface area (TPSA) is 20.3 Å². The van der Waals surface area contributed by atoms with Crippen LogP contribution in [0.5, 0.6) is 0 Å². The predicted molar refractivity (Wildman–Crippen MR) is 68.5 cm³/mol. The SMILES string of the molecule is CC1CC(C)CN(CCCC(=O)C(C)C)C1. The maximum atomic E-state index is 11.5. The van der Waals surface area contributed by atoms with E-state index in [0.717, 1.165) is 31.2 Å². The lowest BCUT2D eigenvalue weighted by Gasteiger charge is -2.34. The van der Waals surface area contributed by atoms with E-state index in [2.05, 4.69) is 18.7 Å². The van der Waals surface area contributed by atoms with Gasteiger partial charge in [-0.05, 0) is 31.2 Å². The molecule has 1 saturated heterocycles. The third-order valence-electron chi connectivity index (χ3n) is 3.49. The fourth-order valence-corrected chi connectivity index (χ4v) is 2.74. The van der Waals surface area contributed by atoms with E-state index in [-0.39, 0.29) is 5.92 Å². The number of hydrogen-bond acceptors (Lipinski definition) is 2. The summed E-state index contributed by atoms with van der Waals surface area (Å²) in [6.07, 6.45) is 3.16. The molecular formula is C14H27NO. The molecule has 2 heteroatoms. The first-order valence-corrected chi connectivity index (χ1v) is 6.74. The van der Waals surface area contributed by atoms with Crippen LogP contribution >= 0.6 is 0 Å². The minimum atomic E-state index is 0.208. The maximum absolute atomic E-state index is 11.5. The molecule has 0 spiro atoms. The third-order valence-corrected chi connectivity index (χ3v) is 3.49. The highest BCUT2D eigenvalue weighted by Crippen LogP contribution is 2.21. The number of carbonyl (C=O) groups is 1. The molecule has 1 rings (SSSR count). The van der Waals surface area contributed by atoms with E-state index >= 15 is 0 Å². The third kappa shape index (κ3) is 4.65. The number of rotatable bonds is 5. The molecule has 0 N–H and O–H groups in total. The smallest absolute Gasteiger partial charge is 0.135 e. The Balaban J connectivity index is 2.20. The summed E-state index contributed by atoms with van der Waals surface area (Å²) in [5.41, 5.74) is 0. The van der Waals surface area contributed by atoms with Gasteiger partial charge in [0.15, 0.2) is 0 Å². The Labute approximate surface area is 100 Å². The molecule has 0 saturated carbocycles. The summed E-state index contributed by atoms with van der Waals surface area (Å²) in [5.74, 6) is 2.27. The monoisotopic (exact) mass is 225 g/mol. The summed E-state index contributed by atoms with van der Waals surface area (Å²) < 4.78 is 0. The average Bonchev–Trinajstić information content (AvgIpc) is 2.15. The van der Waals surface area contributed by atoms with Crippen LogP contribution < -0.4 is 0 Å². The summed E-state index contributed by atoms with van der Waals surface area (Å²) in [6, 6.07) is 0. The molecule has 16 heavy (non-hydrogen) atoms. The van der Waals surface area contributed by atoms with Gasteiger partial charge in [0.05, 0.1) is 0 Å². The van der Waals surface area contributed by atoms with Crippen molar-refractivity contribution in [3.63, 3.8) is 0 Å². The number of piperidine rings is 1. The fraction of sp³-hybridized carbons (Fsp3) is 0.929. The molecule has 0 aromatic heterocycles. The highest BCUT2D eigenvalue weighted by atomic mass is 16.1. The number of carbonyl (C=O) groups excluding carboxylic acids is 1. The summed E-state index contributed by atoms with van der Waals surface area (Å²) in [5, 5.41) is 0. The molecule has 0 bridgehead atoms. The number of ketones is 1. The van der Waals surface area contributed by atoms with Gasteiger partial charge < -0.3 is 4.90 Å². The average molecular weight is 225 g/mol. The molecule has 2 nitrogen and oxygen atoms in total. The molecule has 0 aliphatic carbocycles. The molecule has 2 unspecified atom stereocenters. The first-order chi connectivity index (χ1) is 7.49. The zero-order valence-electron chi connectivity index (χ0n) is 11.3. The molecule has 0 aromatic rings. The van der Waals surface area contributed by atoms with E-state index < -0.39 is 0 Å². The van der Waals surface area contributed by atoms with Crippen LogP contribution in [-0.4, -0.2) is 30.3 Å². The fourth-order valence-electron chi connectivity index (χ4n) is 2.74. The Morgan fingerprint density at radius 2 is 1.81 bits per heavy atom. The summed E-state index contributed by atoms with van der Waals surface area (Å²) >= 11 is 0. The quantitative estimate of drug-likeness (QED) is 0.717. The van der Waals surface area contributed by atoms with Crippen LogP contribution in [0.3, 0.4) is 0 Å². The van der Waals surface area contributed by atoms with Gasteiger partial charge in [0.1, 0.15) is 5.78 Å². The number of hydrogen-bond donors (Lipinski definition) is 0. The Hall–Kier alpha value is -0.370. The van der Waals surface area contributed by atoms with Gasteiger partial charge in [-0.1, -0.05) is 27.7 Å². The molecule has 0 radical (unpaired) electrons.